The molecule has 0 atom stereocenters. The van der Waals surface area contributed by atoms with Gasteiger partial charge < -0.3 is 4.90 Å². The maximum Gasteiger partial charge on any atom is 0.228 e. The van der Waals surface area contributed by atoms with E-state index in [9.17, 15) is 4.79 Å². The number of hydrogen-bond acceptors (Lipinski definition) is 1. The van der Waals surface area contributed by atoms with E-state index in [0.717, 1.165) is 32.4 Å². The summed E-state index contributed by atoms with van der Waals surface area (Å²) in [5.41, 5.74) is 0.126. The molecule has 1 aliphatic heterocycles. The van der Waals surface area contributed by atoms with E-state index >= 15 is 0 Å². The topological polar surface area (TPSA) is 20.1 Å². The van der Waals surface area contributed by atoms with E-state index in [1.54, 1.807) is 0 Å². The summed E-state index contributed by atoms with van der Waals surface area (Å²) in [5, 5.41) is 0. The van der Waals surface area contributed by atoms with E-state index in [1.807, 2.05) is 4.90 Å². The summed E-state index contributed by atoms with van der Waals surface area (Å²) < 4.78 is 0. The molecule has 0 aromatic carbocycles. The largest absolute Gasteiger partial charge is 0.339 e. The first kappa shape index (κ1) is 11.9. The second-order valence-electron chi connectivity index (χ2n) is 5.59. The average molecular weight is 223 g/mol. The number of carbonyl (C=O) groups is 1. The van der Waals surface area contributed by atoms with Crippen LogP contribution in [-0.2, 0) is 4.79 Å². The van der Waals surface area contributed by atoms with E-state index in [-0.39, 0.29) is 5.41 Å². The number of amides is 1. The van der Waals surface area contributed by atoms with E-state index in [2.05, 4.69) is 6.92 Å². The van der Waals surface area contributed by atoms with Crippen LogP contribution in [0.4, 0.5) is 0 Å². The highest BCUT2D eigenvalue weighted by Gasteiger charge is 2.52. The van der Waals surface area contributed by atoms with Gasteiger partial charge in [-0.1, -0.05) is 45.4 Å². The van der Waals surface area contributed by atoms with E-state index in [4.69, 9.17) is 0 Å². The van der Waals surface area contributed by atoms with Gasteiger partial charge in [0.2, 0.25) is 5.91 Å². The summed E-state index contributed by atoms with van der Waals surface area (Å²) >= 11 is 0. The molecular weight excluding hydrogens is 198 g/mol. The van der Waals surface area contributed by atoms with Gasteiger partial charge in [0.1, 0.15) is 0 Å². The predicted molar refractivity (Wildman–Crippen MR) is 66.2 cm³/mol. The monoisotopic (exact) mass is 223 g/mol. The highest BCUT2D eigenvalue weighted by molar-refractivity contribution is 5.86. The van der Waals surface area contributed by atoms with Crippen molar-refractivity contribution in [3.8, 4) is 0 Å². The Labute approximate surface area is 99.4 Å². The number of nitrogens with zero attached hydrogens (tertiary/aromatic N) is 1. The third kappa shape index (κ3) is 2.99. The Bertz CT molecular complexity index is 241. The molecule has 0 aromatic heterocycles. The Hall–Kier alpha value is -0.530. The molecule has 2 aliphatic rings. The standard InChI is InChI=1S/C14H25NO/c1-2-3-4-5-6-7-8-14(9-10-14)13(16)15-11-12-15/h2-12H2,1H3. The average Bonchev–Trinajstić information content (AvgIpc) is 3.17. The van der Waals surface area contributed by atoms with Gasteiger partial charge in [-0.25, -0.2) is 0 Å². The molecule has 1 saturated heterocycles. The van der Waals surface area contributed by atoms with Crippen LogP contribution in [0.2, 0.25) is 0 Å². The molecule has 16 heavy (non-hydrogen) atoms. The van der Waals surface area contributed by atoms with E-state index in [1.165, 1.54) is 38.5 Å². The fourth-order valence-electron chi connectivity index (χ4n) is 2.55. The molecule has 0 spiro atoms. The molecule has 0 aromatic rings. The number of rotatable bonds is 8. The molecule has 2 heteroatoms. The summed E-state index contributed by atoms with van der Waals surface area (Å²) in [6.07, 6.45) is 11.5. The van der Waals surface area contributed by atoms with Gasteiger partial charge in [-0.05, 0) is 19.3 Å². The Morgan fingerprint density at radius 2 is 1.69 bits per heavy atom. The van der Waals surface area contributed by atoms with Crippen molar-refractivity contribution in [2.75, 3.05) is 13.1 Å². The lowest BCUT2D eigenvalue weighted by Gasteiger charge is -2.14. The number of unbranched alkanes of at least 4 members (excludes halogenated alkanes) is 5. The zero-order valence-corrected chi connectivity index (χ0v) is 10.6. The second kappa shape index (κ2) is 5.20. The molecule has 2 fully saturated rings. The van der Waals surface area contributed by atoms with Crippen molar-refractivity contribution in [1.29, 1.82) is 0 Å². The lowest BCUT2D eigenvalue weighted by atomic mass is 9.96. The number of hydrogen-bond donors (Lipinski definition) is 0. The van der Waals surface area contributed by atoms with Gasteiger partial charge >= 0.3 is 0 Å². The van der Waals surface area contributed by atoms with Crippen molar-refractivity contribution >= 4 is 5.91 Å². The molecule has 1 aliphatic carbocycles. The quantitative estimate of drug-likeness (QED) is 0.456. The van der Waals surface area contributed by atoms with Gasteiger partial charge in [-0.2, -0.15) is 0 Å². The molecule has 2 nitrogen and oxygen atoms in total. The third-order valence-electron chi connectivity index (χ3n) is 4.05. The zero-order chi connectivity index (χ0) is 11.4. The van der Waals surface area contributed by atoms with Crippen LogP contribution in [0.5, 0.6) is 0 Å². The van der Waals surface area contributed by atoms with Gasteiger partial charge in [0.25, 0.3) is 0 Å². The van der Waals surface area contributed by atoms with Crippen LogP contribution >= 0.6 is 0 Å². The third-order valence-corrected chi connectivity index (χ3v) is 4.05. The van der Waals surface area contributed by atoms with Crippen molar-refractivity contribution in [1.82, 2.24) is 4.90 Å². The summed E-state index contributed by atoms with van der Waals surface area (Å²) in [4.78, 5) is 14.0. The van der Waals surface area contributed by atoms with Gasteiger partial charge in [0, 0.05) is 18.5 Å². The molecule has 1 amide bonds. The van der Waals surface area contributed by atoms with Gasteiger partial charge in [0.05, 0.1) is 0 Å². The highest BCUT2D eigenvalue weighted by atomic mass is 16.2. The van der Waals surface area contributed by atoms with Crippen molar-refractivity contribution in [3.63, 3.8) is 0 Å². The molecule has 1 heterocycles. The lowest BCUT2D eigenvalue weighted by Crippen LogP contribution is -2.23. The van der Waals surface area contributed by atoms with Crippen molar-refractivity contribution in [2.24, 2.45) is 5.41 Å². The Kier molecular flexibility index (Phi) is 3.88. The van der Waals surface area contributed by atoms with Crippen LogP contribution in [0.15, 0.2) is 0 Å². The minimum atomic E-state index is 0.126. The normalized spacial score (nSPS) is 20.9. The van der Waals surface area contributed by atoms with E-state index in [0.29, 0.717) is 5.91 Å². The summed E-state index contributed by atoms with van der Waals surface area (Å²) in [5.74, 6) is 0.473. The lowest BCUT2D eigenvalue weighted by molar-refractivity contribution is -0.131. The molecule has 0 radical (unpaired) electrons. The summed E-state index contributed by atoms with van der Waals surface area (Å²) in [6.45, 7) is 4.30. The van der Waals surface area contributed by atoms with Crippen molar-refractivity contribution in [3.05, 3.63) is 0 Å². The first-order chi connectivity index (χ1) is 7.78. The van der Waals surface area contributed by atoms with E-state index < -0.39 is 0 Å². The summed E-state index contributed by atoms with van der Waals surface area (Å²) in [7, 11) is 0. The van der Waals surface area contributed by atoms with Gasteiger partial charge in [-0.3, -0.25) is 4.79 Å². The van der Waals surface area contributed by atoms with Crippen LogP contribution in [0, 0.1) is 5.41 Å². The fraction of sp³-hybridized carbons (Fsp3) is 0.929. The van der Waals surface area contributed by atoms with Crippen LogP contribution in [-0.4, -0.2) is 23.9 Å². The number of carbonyl (C=O) groups excluding carboxylic acids is 1. The highest BCUT2D eigenvalue weighted by Crippen LogP contribution is 2.52. The maximum absolute atomic E-state index is 12.0. The van der Waals surface area contributed by atoms with Crippen LogP contribution < -0.4 is 0 Å². The minimum absolute atomic E-state index is 0.126. The summed E-state index contributed by atoms with van der Waals surface area (Å²) in [6, 6.07) is 0. The fourth-order valence-corrected chi connectivity index (χ4v) is 2.55. The van der Waals surface area contributed by atoms with Crippen LogP contribution in [0.3, 0.4) is 0 Å². The molecule has 0 N–H and O–H groups in total. The minimum Gasteiger partial charge on any atom is -0.339 e. The Morgan fingerprint density at radius 1 is 1.06 bits per heavy atom. The SMILES string of the molecule is CCCCCCCCC1(C(=O)N2CC2)CC1. The van der Waals surface area contributed by atoms with Gasteiger partial charge in [0.15, 0.2) is 0 Å². The molecular formula is C14H25NO. The Balaban J connectivity index is 1.57. The molecule has 92 valence electrons. The van der Waals surface area contributed by atoms with Crippen molar-refractivity contribution in [2.45, 2.75) is 64.7 Å². The van der Waals surface area contributed by atoms with Crippen LogP contribution in [0.25, 0.3) is 0 Å². The molecule has 0 bridgehead atoms. The van der Waals surface area contributed by atoms with Crippen LogP contribution in [0.1, 0.15) is 64.7 Å². The smallest absolute Gasteiger partial charge is 0.228 e. The Morgan fingerprint density at radius 3 is 2.25 bits per heavy atom. The van der Waals surface area contributed by atoms with Gasteiger partial charge in [-0.15, -0.1) is 0 Å². The first-order valence-electron chi connectivity index (χ1n) is 7.08. The molecule has 2 rings (SSSR count). The molecule has 0 unspecified atom stereocenters. The first-order valence-corrected chi connectivity index (χ1v) is 7.08. The molecule has 1 saturated carbocycles. The van der Waals surface area contributed by atoms with Crippen molar-refractivity contribution < 1.29 is 4.79 Å². The zero-order valence-electron chi connectivity index (χ0n) is 10.6. The second-order valence-corrected chi connectivity index (χ2v) is 5.59. The maximum atomic E-state index is 12.0. The predicted octanol–water partition coefficient (Wildman–Crippen LogP) is 3.36.